The van der Waals surface area contributed by atoms with E-state index in [1.807, 2.05) is 36.4 Å². The Kier molecular flexibility index (Phi) is 7.97. The van der Waals surface area contributed by atoms with Crippen molar-refractivity contribution in [3.63, 3.8) is 0 Å². The van der Waals surface area contributed by atoms with Gasteiger partial charge in [-0.15, -0.1) is 0 Å². The number of halogens is 6. The monoisotopic (exact) mass is 578 g/mol. The molecule has 5 rings (SSSR count). The van der Waals surface area contributed by atoms with Crippen molar-refractivity contribution in [2.24, 2.45) is 0 Å². The molecule has 0 saturated carbocycles. The first-order valence-electron chi connectivity index (χ1n) is 13.1. The smallest absolute Gasteiger partial charge is 0.416 e. The molecule has 1 fully saturated rings. The van der Waals surface area contributed by atoms with E-state index < -0.39 is 35.9 Å². The number of fused-ring (bicyclic) bond motifs is 1. The van der Waals surface area contributed by atoms with Crippen LogP contribution in [0.15, 0.2) is 54.6 Å². The van der Waals surface area contributed by atoms with Crippen molar-refractivity contribution in [3.8, 4) is 17.0 Å². The fraction of sp³-hybridized carbons (Fsp3) is 0.379. The summed E-state index contributed by atoms with van der Waals surface area (Å²) in [6.07, 6.45) is -9.97. The Balaban J connectivity index is 1.51. The van der Waals surface area contributed by atoms with E-state index in [-0.39, 0.29) is 36.2 Å². The predicted molar refractivity (Wildman–Crippen MR) is 139 cm³/mol. The van der Waals surface area contributed by atoms with Gasteiger partial charge in [0.05, 0.1) is 23.4 Å². The van der Waals surface area contributed by atoms with Crippen LogP contribution in [0.3, 0.4) is 0 Å². The van der Waals surface area contributed by atoms with Crippen molar-refractivity contribution >= 4 is 5.91 Å². The number of carbonyl (C=O) groups is 1. The molecule has 1 amide bonds. The number of hydrogen-bond donors (Lipinski definition) is 0. The van der Waals surface area contributed by atoms with Gasteiger partial charge in [-0.1, -0.05) is 30.3 Å². The third kappa shape index (κ3) is 6.65. The fourth-order valence-corrected chi connectivity index (χ4v) is 5.04. The van der Waals surface area contributed by atoms with Crippen molar-refractivity contribution < 1.29 is 35.9 Å². The number of piperazine rings is 1. The van der Waals surface area contributed by atoms with E-state index in [0.29, 0.717) is 35.5 Å². The first-order chi connectivity index (χ1) is 19.4. The number of nitrogens with zero attached hydrogens (tertiary/aromatic N) is 4. The van der Waals surface area contributed by atoms with E-state index in [4.69, 9.17) is 4.74 Å². The Morgan fingerprint density at radius 3 is 2.07 bits per heavy atom. The highest BCUT2D eigenvalue weighted by molar-refractivity contribution is 6.03. The molecule has 2 aliphatic rings. The van der Waals surface area contributed by atoms with Crippen LogP contribution in [-0.2, 0) is 25.4 Å². The number of hydrogen-bond acceptors (Lipinski definition) is 5. The molecule has 41 heavy (non-hydrogen) atoms. The van der Waals surface area contributed by atoms with E-state index in [1.54, 1.807) is 0 Å². The molecule has 2 aliphatic heterocycles. The Labute approximate surface area is 233 Å². The van der Waals surface area contributed by atoms with Gasteiger partial charge in [0.25, 0.3) is 5.91 Å². The molecule has 3 heterocycles. The van der Waals surface area contributed by atoms with Gasteiger partial charge in [-0.3, -0.25) is 9.69 Å². The largest absolute Gasteiger partial charge is 0.475 e. The molecule has 1 saturated heterocycles. The molecule has 3 aromatic rings. The minimum atomic E-state index is -4.99. The number of likely N-dealkylation sites (N-methyl/N-ethyl adjacent to an activating group) is 1. The average molecular weight is 579 g/mol. The highest BCUT2D eigenvalue weighted by atomic mass is 19.4. The van der Waals surface area contributed by atoms with E-state index in [0.717, 1.165) is 26.2 Å². The summed E-state index contributed by atoms with van der Waals surface area (Å²) in [5.74, 6) is -0.482. The lowest BCUT2D eigenvalue weighted by Gasteiger charge is -2.32. The summed E-state index contributed by atoms with van der Waals surface area (Å²) in [6, 6.07) is 12.3. The quantitative estimate of drug-likeness (QED) is 0.371. The Hall–Kier alpha value is -3.64. The summed E-state index contributed by atoms with van der Waals surface area (Å²) in [5.41, 5.74) is -1.08. The maximum absolute atomic E-state index is 13.9. The van der Waals surface area contributed by atoms with Gasteiger partial charge in [-0.05, 0) is 42.4 Å². The second-order valence-electron chi connectivity index (χ2n) is 10.3. The summed E-state index contributed by atoms with van der Waals surface area (Å²) < 4.78 is 86.5. The maximum atomic E-state index is 13.9. The second-order valence-corrected chi connectivity index (χ2v) is 10.3. The topological polar surface area (TPSA) is 48.9 Å². The molecule has 0 bridgehead atoms. The van der Waals surface area contributed by atoms with Crippen LogP contribution in [0.2, 0.25) is 0 Å². The van der Waals surface area contributed by atoms with Gasteiger partial charge in [0.2, 0.25) is 5.88 Å². The van der Waals surface area contributed by atoms with E-state index in [2.05, 4.69) is 21.8 Å². The lowest BCUT2D eigenvalue weighted by Crippen LogP contribution is -2.44. The predicted octanol–water partition coefficient (Wildman–Crippen LogP) is 5.57. The van der Waals surface area contributed by atoms with Crippen molar-refractivity contribution in [2.75, 3.05) is 46.4 Å². The normalized spacial score (nSPS) is 17.2. The molecule has 1 aromatic heterocycles. The highest BCUT2D eigenvalue weighted by Gasteiger charge is 2.37. The zero-order chi connectivity index (χ0) is 29.4. The Morgan fingerprint density at radius 2 is 1.46 bits per heavy atom. The molecule has 6 nitrogen and oxygen atoms in total. The number of benzene rings is 2. The molecule has 0 atom stereocenters. The van der Waals surface area contributed by atoms with E-state index in [9.17, 15) is 31.1 Å². The molecule has 0 radical (unpaired) electrons. The summed E-state index contributed by atoms with van der Waals surface area (Å²) >= 11 is 0. The van der Waals surface area contributed by atoms with Crippen LogP contribution in [-0.4, -0.2) is 72.0 Å². The highest BCUT2D eigenvalue weighted by Crippen LogP contribution is 2.38. The second kappa shape index (κ2) is 11.3. The summed E-state index contributed by atoms with van der Waals surface area (Å²) in [6.45, 7) is 3.51. The molecular formula is C29H28F6N4O2. The van der Waals surface area contributed by atoms with Crippen LogP contribution in [0.5, 0.6) is 5.88 Å². The first-order valence-corrected chi connectivity index (χ1v) is 13.1. The summed E-state index contributed by atoms with van der Waals surface area (Å²) in [4.78, 5) is 24.2. The van der Waals surface area contributed by atoms with E-state index >= 15 is 0 Å². The molecular weight excluding hydrogens is 550 g/mol. The minimum absolute atomic E-state index is 0.0248. The van der Waals surface area contributed by atoms with Gasteiger partial charge < -0.3 is 14.5 Å². The number of carbonyl (C=O) groups excluding carboxylic acids is 1. The maximum Gasteiger partial charge on any atom is 0.416 e. The van der Waals surface area contributed by atoms with E-state index in [1.165, 1.54) is 4.90 Å². The number of rotatable bonds is 5. The van der Waals surface area contributed by atoms with Crippen LogP contribution in [0.4, 0.5) is 26.3 Å². The molecule has 0 aliphatic carbocycles. The van der Waals surface area contributed by atoms with Gasteiger partial charge in [0, 0.05) is 44.8 Å². The fourth-order valence-electron chi connectivity index (χ4n) is 5.04. The van der Waals surface area contributed by atoms with Crippen molar-refractivity contribution in [3.05, 3.63) is 82.5 Å². The van der Waals surface area contributed by atoms with Gasteiger partial charge in [0.15, 0.2) is 0 Å². The SMILES string of the molecule is CN1CCN(Cc2cc(-c3ccccc3)c3c(n2)OCCN(Cc2cc(C(F)(F)F)cc(C(F)(F)F)c2)C3=O)CC1. The van der Waals surface area contributed by atoms with Crippen LogP contribution in [0.25, 0.3) is 11.1 Å². The first kappa shape index (κ1) is 28.9. The summed E-state index contributed by atoms with van der Waals surface area (Å²) in [5, 5.41) is 0. The summed E-state index contributed by atoms with van der Waals surface area (Å²) in [7, 11) is 2.06. The number of aromatic nitrogens is 1. The van der Waals surface area contributed by atoms with Gasteiger partial charge in [-0.2, -0.15) is 26.3 Å². The number of alkyl halides is 6. The minimum Gasteiger partial charge on any atom is -0.475 e. The third-order valence-corrected chi connectivity index (χ3v) is 7.23. The lowest BCUT2D eigenvalue weighted by atomic mass is 9.98. The number of ether oxygens (including phenoxy) is 1. The zero-order valence-corrected chi connectivity index (χ0v) is 22.2. The average Bonchev–Trinajstić information content (AvgIpc) is 3.07. The van der Waals surface area contributed by atoms with Crippen molar-refractivity contribution in [2.45, 2.75) is 25.4 Å². The van der Waals surface area contributed by atoms with Crippen LogP contribution >= 0.6 is 0 Å². The molecule has 2 aromatic carbocycles. The number of amides is 1. The molecule has 218 valence electrons. The molecule has 0 N–H and O–H groups in total. The lowest BCUT2D eigenvalue weighted by molar-refractivity contribution is -0.143. The number of pyridine rings is 1. The Bertz CT molecular complexity index is 1370. The zero-order valence-electron chi connectivity index (χ0n) is 22.2. The Morgan fingerprint density at radius 1 is 0.829 bits per heavy atom. The van der Waals surface area contributed by atoms with Crippen molar-refractivity contribution in [1.29, 1.82) is 0 Å². The van der Waals surface area contributed by atoms with Gasteiger partial charge in [0.1, 0.15) is 12.2 Å². The standard InChI is InChI=1S/C29H28F6N4O2/c1-37-7-9-38(10-8-37)18-23-16-24(20-5-3-2-4-6-20)25-26(36-23)41-12-11-39(27(25)40)17-19-13-21(28(30,31)32)15-22(14-19)29(33,34)35/h2-6,13-16H,7-12,17-18H2,1H3. The molecule has 0 spiro atoms. The molecule has 0 unspecified atom stereocenters. The van der Waals surface area contributed by atoms with Crippen LogP contribution < -0.4 is 4.74 Å². The van der Waals surface area contributed by atoms with Gasteiger partial charge >= 0.3 is 12.4 Å². The third-order valence-electron chi connectivity index (χ3n) is 7.23. The van der Waals surface area contributed by atoms with Crippen molar-refractivity contribution in [1.82, 2.24) is 19.7 Å². The van der Waals surface area contributed by atoms with Crippen LogP contribution in [0, 0.1) is 0 Å². The van der Waals surface area contributed by atoms with Crippen LogP contribution in [0.1, 0.15) is 32.7 Å². The molecule has 12 heteroatoms. The van der Waals surface area contributed by atoms with Gasteiger partial charge in [-0.25, -0.2) is 4.98 Å².